The number of rotatable bonds is 4. The topological polar surface area (TPSA) is 62.2 Å². The average molecular weight is 230 g/mol. The van der Waals surface area contributed by atoms with E-state index in [1.54, 1.807) is 13.2 Å². The largest absolute Gasteiger partial charge is 0.480 e. The molecule has 2 N–H and O–H groups in total. The molecule has 0 radical (unpaired) electrons. The van der Waals surface area contributed by atoms with Gasteiger partial charge in [0.05, 0.1) is 5.52 Å². The van der Waals surface area contributed by atoms with E-state index in [4.69, 9.17) is 5.11 Å². The monoisotopic (exact) mass is 230 g/mol. The van der Waals surface area contributed by atoms with E-state index < -0.39 is 12.0 Å². The quantitative estimate of drug-likeness (QED) is 0.834. The summed E-state index contributed by atoms with van der Waals surface area (Å²) >= 11 is 0. The summed E-state index contributed by atoms with van der Waals surface area (Å²) in [7, 11) is 1.65. The number of nitrogens with zero attached hydrogens (tertiary/aromatic N) is 1. The summed E-state index contributed by atoms with van der Waals surface area (Å²) in [6.45, 7) is 0. The summed E-state index contributed by atoms with van der Waals surface area (Å²) in [6, 6.07) is 9.15. The molecule has 0 bridgehead atoms. The Hall–Kier alpha value is -1.94. The fraction of sp³-hybridized carbons (Fsp3) is 0.231. The summed E-state index contributed by atoms with van der Waals surface area (Å²) in [4.78, 5) is 15.2. The van der Waals surface area contributed by atoms with Gasteiger partial charge in [0.2, 0.25) is 0 Å². The zero-order valence-electron chi connectivity index (χ0n) is 9.55. The number of likely N-dealkylation sites (N-methyl/N-ethyl adjacent to an activating group) is 1. The molecule has 1 aromatic carbocycles. The van der Waals surface area contributed by atoms with Crippen LogP contribution in [-0.4, -0.2) is 29.1 Å². The van der Waals surface area contributed by atoms with Crippen molar-refractivity contribution in [2.75, 3.05) is 7.05 Å². The highest BCUT2D eigenvalue weighted by atomic mass is 16.4. The Morgan fingerprint density at radius 2 is 2.29 bits per heavy atom. The normalized spacial score (nSPS) is 12.5. The van der Waals surface area contributed by atoms with Crippen molar-refractivity contribution < 1.29 is 9.90 Å². The number of aliphatic carboxylic acids is 1. The van der Waals surface area contributed by atoms with Crippen LogP contribution < -0.4 is 5.32 Å². The van der Waals surface area contributed by atoms with Crippen molar-refractivity contribution in [1.82, 2.24) is 10.3 Å². The van der Waals surface area contributed by atoms with Gasteiger partial charge in [-0.15, -0.1) is 0 Å². The molecule has 4 heteroatoms. The Kier molecular flexibility index (Phi) is 3.35. The van der Waals surface area contributed by atoms with Crippen molar-refractivity contribution >= 4 is 16.9 Å². The number of carboxylic acids is 1. The van der Waals surface area contributed by atoms with Crippen molar-refractivity contribution in [2.24, 2.45) is 0 Å². The molecule has 4 nitrogen and oxygen atoms in total. The van der Waals surface area contributed by atoms with Gasteiger partial charge in [0.15, 0.2) is 0 Å². The molecular weight excluding hydrogens is 216 g/mol. The maximum atomic E-state index is 10.9. The molecule has 1 heterocycles. The van der Waals surface area contributed by atoms with Crippen LogP contribution in [0.1, 0.15) is 5.56 Å². The number of aromatic nitrogens is 1. The molecule has 0 aliphatic carbocycles. The van der Waals surface area contributed by atoms with Gasteiger partial charge in [0, 0.05) is 11.6 Å². The number of carboxylic acid groups (broad SMARTS) is 1. The number of benzene rings is 1. The van der Waals surface area contributed by atoms with Gasteiger partial charge in [-0.3, -0.25) is 9.78 Å². The summed E-state index contributed by atoms with van der Waals surface area (Å²) in [5.74, 6) is -0.839. The van der Waals surface area contributed by atoms with E-state index in [2.05, 4.69) is 10.3 Å². The highest BCUT2D eigenvalue weighted by Crippen LogP contribution is 2.14. The standard InChI is InChI=1S/C13H14N2O2/c1-14-12(13(16)17)8-9-4-5-10-3-2-6-15-11(10)7-9/h2-7,12,14H,8H2,1H3,(H,16,17)/t12-/m0/s1. The van der Waals surface area contributed by atoms with Crippen molar-refractivity contribution in [3.05, 3.63) is 42.1 Å². The zero-order chi connectivity index (χ0) is 12.3. The minimum absolute atomic E-state index is 0.457. The summed E-state index contributed by atoms with van der Waals surface area (Å²) < 4.78 is 0. The van der Waals surface area contributed by atoms with Gasteiger partial charge < -0.3 is 10.4 Å². The van der Waals surface area contributed by atoms with Crippen LogP contribution in [0.2, 0.25) is 0 Å². The molecule has 17 heavy (non-hydrogen) atoms. The zero-order valence-corrected chi connectivity index (χ0v) is 9.55. The van der Waals surface area contributed by atoms with Crippen molar-refractivity contribution in [2.45, 2.75) is 12.5 Å². The van der Waals surface area contributed by atoms with Gasteiger partial charge in [0.25, 0.3) is 0 Å². The first kappa shape index (κ1) is 11.5. The summed E-state index contributed by atoms with van der Waals surface area (Å²) in [5.41, 5.74) is 1.86. The lowest BCUT2D eigenvalue weighted by atomic mass is 10.0. The Labute approximate surface area is 99.3 Å². The third-order valence-electron chi connectivity index (χ3n) is 2.76. The molecule has 0 saturated heterocycles. The van der Waals surface area contributed by atoms with E-state index >= 15 is 0 Å². The number of nitrogens with one attached hydrogen (secondary N) is 1. The molecule has 2 aromatic rings. The lowest BCUT2D eigenvalue weighted by Gasteiger charge is -2.11. The van der Waals surface area contributed by atoms with Gasteiger partial charge in [-0.2, -0.15) is 0 Å². The Morgan fingerprint density at radius 1 is 1.47 bits per heavy atom. The lowest BCUT2D eigenvalue weighted by molar-refractivity contribution is -0.139. The van der Waals surface area contributed by atoms with Crippen LogP contribution in [0.4, 0.5) is 0 Å². The van der Waals surface area contributed by atoms with Crippen LogP contribution in [0.15, 0.2) is 36.5 Å². The molecule has 2 rings (SSSR count). The molecule has 0 spiro atoms. The fourth-order valence-corrected chi connectivity index (χ4v) is 1.79. The first-order chi connectivity index (χ1) is 8.20. The molecule has 1 aromatic heterocycles. The van der Waals surface area contributed by atoms with Crippen LogP contribution in [0.5, 0.6) is 0 Å². The molecule has 88 valence electrons. The fourth-order valence-electron chi connectivity index (χ4n) is 1.79. The van der Waals surface area contributed by atoms with Crippen LogP contribution in [0, 0.1) is 0 Å². The smallest absolute Gasteiger partial charge is 0.321 e. The van der Waals surface area contributed by atoms with Crippen LogP contribution in [-0.2, 0) is 11.2 Å². The average Bonchev–Trinajstić information content (AvgIpc) is 2.35. The van der Waals surface area contributed by atoms with Crippen molar-refractivity contribution in [1.29, 1.82) is 0 Å². The Balaban J connectivity index is 2.27. The maximum Gasteiger partial charge on any atom is 0.321 e. The maximum absolute atomic E-state index is 10.9. The molecule has 0 saturated carbocycles. The van der Waals surface area contributed by atoms with Crippen LogP contribution in [0.3, 0.4) is 0 Å². The minimum Gasteiger partial charge on any atom is -0.480 e. The second-order valence-corrected chi connectivity index (χ2v) is 3.91. The van der Waals surface area contributed by atoms with Gasteiger partial charge in [0.1, 0.15) is 6.04 Å². The number of fused-ring (bicyclic) bond motifs is 1. The van der Waals surface area contributed by atoms with E-state index in [1.165, 1.54) is 0 Å². The number of hydrogen-bond donors (Lipinski definition) is 2. The molecular formula is C13H14N2O2. The third kappa shape index (κ3) is 2.60. The first-order valence-corrected chi connectivity index (χ1v) is 5.44. The predicted molar refractivity (Wildman–Crippen MR) is 65.9 cm³/mol. The molecule has 0 amide bonds. The predicted octanol–water partition coefficient (Wildman–Crippen LogP) is 1.45. The minimum atomic E-state index is -0.839. The first-order valence-electron chi connectivity index (χ1n) is 5.44. The van der Waals surface area contributed by atoms with Crippen molar-refractivity contribution in [3.8, 4) is 0 Å². The highest BCUT2D eigenvalue weighted by Gasteiger charge is 2.15. The molecule has 0 unspecified atom stereocenters. The van der Waals surface area contributed by atoms with Crippen molar-refractivity contribution in [3.63, 3.8) is 0 Å². The second kappa shape index (κ2) is 4.93. The Bertz CT molecular complexity index is 540. The SMILES string of the molecule is CN[C@@H](Cc1ccc2cccnc2c1)C(=O)O. The highest BCUT2D eigenvalue weighted by molar-refractivity contribution is 5.79. The number of pyridine rings is 1. The van der Waals surface area contributed by atoms with E-state index in [-0.39, 0.29) is 0 Å². The Morgan fingerprint density at radius 3 is 3.00 bits per heavy atom. The van der Waals surface area contributed by atoms with Gasteiger partial charge >= 0.3 is 5.97 Å². The van der Waals surface area contributed by atoms with Gasteiger partial charge in [-0.05, 0) is 31.2 Å². The summed E-state index contributed by atoms with van der Waals surface area (Å²) in [6.07, 6.45) is 2.19. The summed E-state index contributed by atoms with van der Waals surface area (Å²) in [5, 5.41) is 12.8. The third-order valence-corrected chi connectivity index (χ3v) is 2.76. The van der Waals surface area contributed by atoms with E-state index in [0.29, 0.717) is 6.42 Å². The van der Waals surface area contributed by atoms with Gasteiger partial charge in [-0.1, -0.05) is 18.2 Å². The molecule has 0 aliphatic heterocycles. The molecule has 0 fully saturated rings. The van der Waals surface area contributed by atoms with Crippen LogP contribution in [0.25, 0.3) is 10.9 Å². The number of hydrogen-bond acceptors (Lipinski definition) is 3. The number of carbonyl (C=O) groups is 1. The molecule has 1 atom stereocenters. The lowest BCUT2D eigenvalue weighted by Crippen LogP contribution is -2.35. The van der Waals surface area contributed by atoms with E-state index in [9.17, 15) is 4.79 Å². The molecule has 0 aliphatic rings. The van der Waals surface area contributed by atoms with Crippen LogP contribution >= 0.6 is 0 Å². The van der Waals surface area contributed by atoms with Gasteiger partial charge in [-0.25, -0.2) is 0 Å². The van der Waals surface area contributed by atoms with E-state index in [0.717, 1.165) is 16.5 Å². The van der Waals surface area contributed by atoms with E-state index in [1.807, 2.05) is 30.3 Å². The second-order valence-electron chi connectivity index (χ2n) is 3.91.